The Morgan fingerprint density at radius 2 is 1.20 bits per heavy atom. The maximum absolute atomic E-state index is 13.3. The van der Waals surface area contributed by atoms with Crippen LogP contribution in [0.1, 0.15) is 16.7 Å². The Labute approximate surface area is 182 Å². The first kappa shape index (κ1) is 22.3. The smallest absolute Gasteiger partial charge is 0.203 e. The molecule has 0 aliphatic rings. The van der Waals surface area contributed by atoms with Crippen LogP contribution in [-0.4, -0.2) is 22.6 Å². The summed E-state index contributed by atoms with van der Waals surface area (Å²) in [4.78, 5) is -0.0733. The van der Waals surface area contributed by atoms with Gasteiger partial charge in [0, 0.05) is 5.02 Å². The number of aryl methyl sites for hydroxylation is 2. The van der Waals surface area contributed by atoms with Crippen molar-refractivity contribution >= 4 is 37.4 Å². The molecule has 0 aromatic heterocycles. The Balaban J connectivity index is 2.11. The maximum atomic E-state index is 13.3. The van der Waals surface area contributed by atoms with Crippen LogP contribution in [0.4, 0.5) is 0 Å². The number of hydrogen-bond acceptors (Lipinski definition) is 4. The van der Waals surface area contributed by atoms with Gasteiger partial charge in [-0.15, -0.1) is 0 Å². The minimum absolute atomic E-state index is 0.0485. The molecule has 0 aliphatic heterocycles. The molecular weight excluding hydrogens is 440 g/mol. The van der Waals surface area contributed by atoms with Crippen LogP contribution in [0.25, 0.3) is 6.08 Å². The lowest BCUT2D eigenvalue weighted by Gasteiger charge is -2.12. The van der Waals surface area contributed by atoms with Gasteiger partial charge in [0.05, 0.1) is 20.4 Å². The van der Waals surface area contributed by atoms with Crippen molar-refractivity contribution in [1.82, 2.24) is 0 Å². The van der Waals surface area contributed by atoms with E-state index in [9.17, 15) is 16.8 Å². The summed E-state index contributed by atoms with van der Waals surface area (Å²) >= 11 is 5.91. The normalized spacial score (nSPS) is 12.7. The van der Waals surface area contributed by atoms with Crippen LogP contribution in [0.5, 0.6) is 0 Å². The van der Waals surface area contributed by atoms with Crippen molar-refractivity contribution < 1.29 is 16.8 Å². The zero-order valence-corrected chi connectivity index (χ0v) is 18.9. The predicted octanol–water partition coefficient (Wildman–Crippen LogP) is 5.25. The molecule has 0 amide bonds. The summed E-state index contributed by atoms with van der Waals surface area (Å²) < 4.78 is 52.6. The Morgan fingerprint density at radius 3 is 1.70 bits per heavy atom. The second-order valence-corrected chi connectivity index (χ2v) is 11.5. The third-order valence-electron chi connectivity index (χ3n) is 4.59. The summed E-state index contributed by atoms with van der Waals surface area (Å²) in [7, 11) is -7.90. The summed E-state index contributed by atoms with van der Waals surface area (Å²) in [6.45, 7) is 3.70. The Bertz CT molecular complexity index is 1270. The molecule has 0 fully saturated rings. The fourth-order valence-corrected chi connectivity index (χ4v) is 6.30. The lowest BCUT2D eigenvalue weighted by atomic mass is 10.2. The number of halogens is 1. The van der Waals surface area contributed by atoms with Gasteiger partial charge in [-0.25, -0.2) is 16.8 Å². The van der Waals surface area contributed by atoms with Crippen molar-refractivity contribution in [3.05, 3.63) is 99.4 Å². The standard InChI is InChI=1S/C23H21ClO4S2/c1-17-3-11-21(12-4-17)29(25,26)16-23(15-19-7-9-20(24)10-8-19)30(27,28)22-13-5-18(2)6-14-22/h3-15H,16H2,1-2H3. The van der Waals surface area contributed by atoms with E-state index >= 15 is 0 Å². The lowest BCUT2D eigenvalue weighted by molar-refractivity contribution is 0.592. The second kappa shape index (κ2) is 8.76. The van der Waals surface area contributed by atoms with Gasteiger partial charge in [0.25, 0.3) is 0 Å². The molecule has 0 atom stereocenters. The molecular formula is C23H21ClO4S2. The molecule has 3 rings (SSSR count). The molecule has 0 saturated heterocycles. The summed E-state index contributed by atoms with van der Waals surface area (Å²) in [6.07, 6.45) is 1.39. The number of benzene rings is 3. The van der Waals surface area contributed by atoms with Gasteiger partial charge in [-0.05, 0) is 61.9 Å². The molecule has 0 spiro atoms. The largest absolute Gasteiger partial charge is 0.223 e. The van der Waals surface area contributed by atoms with Crippen LogP contribution in [0.15, 0.2) is 87.5 Å². The molecule has 3 aromatic rings. The van der Waals surface area contributed by atoms with Gasteiger partial charge in [-0.1, -0.05) is 59.1 Å². The third-order valence-corrected chi connectivity index (χ3v) is 8.55. The van der Waals surface area contributed by atoms with Gasteiger partial charge in [0.2, 0.25) is 9.84 Å². The fraction of sp³-hybridized carbons (Fsp3) is 0.130. The van der Waals surface area contributed by atoms with E-state index in [0.717, 1.165) is 11.1 Å². The van der Waals surface area contributed by atoms with Crippen LogP contribution < -0.4 is 0 Å². The first-order valence-electron chi connectivity index (χ1n) is 9.15. The first-order valence-corrected chi connectivity index (χ1v) is 12.7. The summed E-state index contributed by atoms with van der Waals surface area (Å²) in [5.41, 5.74) is 2.37. The van der Waals surface area contributed by atoms with Crippen molar-refractivity contribution in [1.29, 1.82) is 0 Å². The van der Waals surface area contributed by atoms with Crippen molar-refractivity contribution in [3.8, 4) is 0 Å². The number of rotatable bonds is 6. The van der Waals surface area contributed by atoms with Gasteiger partial charge in [0.15, 0.2) is 9.84 Å². The van der Waals surface area contributed by atoms with E-state index in [1.165, 1.54) is 30.3 Å². The minimum Gasteiger partial charge on any atom is -0.223 e. The van der Waals surface area contributed by atoms with E-state index in [4.69, 9.17) is 11.6 Å². The zero-order valence-electron chi connectivity index (χ0n) is 16.5. The summed E-state index contributed by atoms with van der Waals surface area (Å²) in [5.74, 6) is -0.644. The predicted molar refractivity (Wildman–Crippen MR) is 121 cm³/mol. The van der Waals surface area contributed by atoms with Crippen molar-refractivity contribution in [2.45, 2.75) is 23.6 Å². The maximum Gasteiger partial charge on any atom is 0.203 e. The highest BCUT2D eigenvalue weighted by Gasteiger charge is 2.27. The van der Waals surface area contributed by atoms with Crippen LogP contribution in [-0.2, 0) is 19.7 Å². The van der Waals surface area contributed by atoms with Crippen LogP contribution >= 0.6 is 11.6 Å². The van der Waals surface area contributed by atoms with E-state index in [2.05, 4.69) is 0 Å². The zero-order chi connectivity index (χ0) is 21.9. The van der Waals surface area contributed by atoms with Crippen molar-refractivity contribution in [2.75, 3.05) is 5.75 Å². The average Bonchev–Trinajstić information content (AvgIpc) is 2.69. The van der Waals surface area contributed by atoms with Gasteiger partial charge >= 0.3 is 0 Å². The summed E-state index contributed by atoms with van der Waals surface area (Å²) in [5, 5.41) is 0.502. The summed E-state index contributed by atoms with van der Waals surface area (Å²) in [6, 6.07) is 19.2. The average molecular weight is 461 g/mol. The number of sulfone groups is 2. The molecule has 0 heterocycles. The molecule has 0 aliphatic carbocycles. The van der Waals surface area contributed by atoms with Gasteiger partial charge in [-0.3, -0.25) is 0 Å². The highest BCUT2D eigenvalue weighted by atomic mass is 35.5. The first-order chi connectivity index (χ1) is 14.1. The van der Waals surface area contributed by atoms with E-state index < -0.39 is 25.4 Å². The highest BCUT2D eigenvalue weighted by molar-refractivity contribution is 7.98. The quantitative estimate of drug-likeness (QED) is 0.504. The SMILES string of the molecule is Cc1ccc(S(=O)(=O)CC(=Cc2ccc(Cl)cc2)S(=O)(=O)c2ccc(C)cc2)cc1. The van der Waals surface area contributed by atoms with Crippen molar-refractivity contribution in [2.24, 2.45) is 0 Å². The Hall–Kier alpha value is -2.41. The van der Waals surface area contributed by atoms with Gasteiger partial charge in [-0.2, -0.15) is 0 Å². The Morgan fingerprint density at radius 1 is 0.733 bits per heavy atom. The molecule has 0 saturated carbocycles. The van der Waals surface area contributed by atoms with Crippen molar-refractivity contribution in [3.63, 3.8) is 0 Å². The molecule has 30 heavy (non-hydrogen) atoms. The topological polar surface area (TPSA) is 68.3 Å². The molecule has 156 valence electrons. The van der Waals surface area contributed by atoms with E-state index in [1.54, 1.807) is 48.5 Å². The van der Waals surface area contributed by atoms with Crippen LogP contribution in [0.3, 0.4) is 0 Å². The minimum atomic E-state index is -4.03. The molecule has 0 radical (unpaired) electrons. The monoisotopic (exact) mass is 460 g/mol. The third kappa shape index (κ3) is 5.19. The molecule has 0 unspecified atom stereocenters. The van der Waals surface area contributed by atoms with Gasteiger partial charge in [0.1, 0.15) is 0 Å². The highest BCUT2D eigenvalue weighted by Crippen LogP contribution is 2.26. The van der Waals surface area contributed by atoms with Crippen LogP contribution in [0.2, 0.25) is 5.02 Å². The Kier molecular flexibility index (Phi) is 6.50. The molecule has 0 bridgehead atoms. The van der Waals surface area contributed by atoms with E-state index in [1.807, 2.05) is 13.8 Å². The molecule has 7 heteroatoms. The van der Waals surface area contributed by atoms with E-state index in [0.29, 0.717) is 10.6 Å². The number of hydrogen-bond donors (Lipinski definition) is 0. The lowest BCUT2D eigenvalue weighted by Crippen LogP contribution is -2.16. The molecule has 0 N–H and O–H groups in total. The van der Waals surface area contributed by atoms with Crippen LogP contribution in [0, 0.1) is 13.8 Å². The fourth-order valence-electron chi connectivity index (χ4n) is 2.83. The van der Waals surface area contributed by atoms with E-state index in [-0.39, 0.29) is 14.7 Å². The van der Waals surface area contributed by atoms with Gasteiger partial charge < -0.3 is 0 Å². The molecule has 3 aromatic carbocycles. The second-order valence-electron chi connectivity index (χ2n) is 7.05. The molecule has 4 nitrogen and oxygen atoms in total.